The number of rotatable bonds is 25. The number of nitrogens with zero attached hydrogens (tertiary/aromatic N) is 13. The van der Waals surface area contributed by atoms with Gasteiger partial charge in [-0.25, -0.2) is 58.7 Å². The van der Waals surface area contributed by atoms with Crippen molar-refractivity contribution < 1.29 is 89.3 Å². The lowest BCUT2D eigenvalue weighted by atomic mass is 10.1. The zero-order valence-corrected chi connectivity index (χ0v) is 83.0. The van der Waals surface area contributed by atoms with Gasteiger partial charge in [-0.3, -0.25) is 10.1 Å². The number of aromatic nitrogens is 12. The van der Waals surface area contributed by atoms with Crippen molar-refractivity contribution in [3.63, 3.8) is 0 Å². The molecular formula is C96H59Br3Cl9N13O20. The van der Waals surface area contributed by atoms with E-state index in [1.54, 1.807) is 115 Å². The Kier molecular flexibility index (Phi) is 38.1. The normalized spacial score (nSPS) is 10.5. The third-order valence-corrected chi connectivity index (χ3v) is 22.7. The fourth-order valence-corrected chi connectivity index (χ4v) is 14.6. The van der Waals surface area contributed by atoms with E-state index in [4.69, 9.17) is 160 Å². The van der Waals surface area contributed by atoms with Crippen molar-refractivity contribution in [2.45, 2.75) is 39.6 Å². The Morgan fingerprint density at radius 3 is 0.965 bits per heavy atom. The highest BCUT2D eigenvalue weighted by molar-refractivity contribution is 9.11. The molecule has 0 atom stereocenters. The minimum atomic E-state index is -0.636. The Morgan fingerprint density at radius 1 is 0.284 bits per heavy atom. The second kappa shape index (κ2) is 51.6. The van der Waals surface area contributed by atoms with Crippen LogP contribution in [0.1, 0.15) is 96.7 Å². The standard InChI is InChI=1S/3C16H10BrClN2O3.C16H9Cl3N2O3.C16H10Cl2N2O3.C16H10ClN3O5/c17-11-4-1-3-10(7-11)14-8-12(23-20-14)9-22-16(21)13-5-2-6-19-15(13)18;17-11-5-3-10(4-6-11)14-8-12(23-20-14)9-22-16(21)13-2-1-7-19-15(13)18;17-13-6-2-1-4-11(13)14-8-10(23-20-14)9-22-16(21)12-5-3-7-19-15(12)18;17-9-3-4-11(13(18)6-9)14-7-10(24-21-14)8-23-16(22)12-2-1-5-20-15(12)19;17-11-6-13(15(18)19-8-11)16(21)22-9-12-7-14(20-23-12)10-4-2-1-3-5-10;17-15-13(2-1-7-18-15)16(21)24-9-12-8-14(19-25-12)10-3-5-11(6-4-10)20(22)23/h3*1-8H,9H2;1-7H,8H2;1-8H,9H2;1-8H,9H2. The maximum atomic E-state index is 12.0. The van der Waals surface area contributed by atoms with Crippen molar-refractivity contribution in [2.24, 2.45) is 0 Å². The number of benzene rings is 6. The van der Waals surface area contributed by atoms with Gasteiger partial charge in [0.2, 0.25) is 0 Å². The third-order valence-electron chi connectivity index (χ3n) is 18.4. The number of nitro groups is 1. The van der Waals surface area contributed by atoms with Crippen LogP contribution in [0.25, 0.3) is 67.5 Å². The first-order valence-electron chi connectivity index (χ1n) is 40.3. The fraction of sp³-hybridized carbons (Fsp3) is 0.0625. The molecule has 0 spiro atoms. The molecule has 12 heterocycles. The monoisotopic (exact) mass is 2260 g/mol. The predicted molar refractivity (Wildman–Crippen MR) is 527 cm³/mol. The van der Waals surface area contributed by atoms with E-state index in [0.29, 0.717) is 94.9 Å². The van der Waals surface area contributed by atoms with E-state index in [9.17, 15) is 38.9 Å². The molecule has 0 saturated heterocycles. The average Bonchev–Trinajstić information content (AvgIpc) is 1.34. The number of hydrogen-bond donors (Lipinski definition) is 0. The van der Waals surface area contributed by atoms with Crippen LogP contribution in [0.15, 0.2) is 326 Å². The summed E-state index contributed by atoms with van der Waals surface area (Å²) in [5.74, 6) is -1.15. The summed E-state index contributed by atoms with van der Waals surface area (Å²) >= 11 is 63.1. The number of carbonyl (C=O) groups is 6. The Balaban J connectivity index is 0.000000142. The van der Waals surface area contributed by atoms with Crippen molar-refractivity contribution in [1.29, 1.82) is 0 Å². The molecule has 712 valence electrons. The van der Waals surface area contributed by atoms with E-state index in [-0.39, 0.29) is 110 Å². The lowest BCUT2D eigenvalue weighted by Crippen LogP contribution is -2.06. The molecule has 0 bridgehead atoms. The number of hydrogen-bond acceptors (Lipinski definition) is 32. The second-order valence-corrected chi connectivity index (χ2v) is 34.1. The van der Waals surface area contributed by atoms with E-state index >= 15 is 0 Å². The van der Waals surface area contributed by atoms with Crippen LogP contribution in [0.4, 0.5) is 5.69 Å². The minimum absolute atomic E-state index is 0.0188. The molecule has 0 radical (unpaired) electrons. The van der Waals surface area contributed by atoms with Gasteiger partial charge in [0.05, 0.1) is 48.3 Å². The highest BCUT2D eigenvalue weighted by atomic mass is 79.9. The summed E-state index contributed by atoms with van der Waals surface area (Å²) in [6.07, 6.45) is 8.80. The lowest BCUT2D eigenvalue weighted by molar-refractivity contribution is -0.384. The lowest BCUT2D eigenvalue weighted by Gasteiger charge is -2.04. The Bertz CT molecular complexity index is 7430. The van der Waals surface area contributed by atoms with Gasteiger partial charge >= 0.3 is 35.8 Å². The minimum Gasteiger partial charge on any atom is -0.454 e. The number of non-ortho nitro benzene ring substituents is 1. The first-order chi connectivity index (χ1) is 68.1. The summed E-state index contributed by atoms with van der Waals surface area (Å²) in [6, 6.07) is 70.5. The van der Waals surface area contributed by atoms with Crippen LogP contribution in [-0.4, -0.2) is 102 Å². The highest BCUT2D eigenvalue weighted by Gasteiger charge is 2.24. The zero-order valence-electron chi connectivity index (χ0n) is 71.4. The smallest absolute Gasteiger partial charge is 0.341 e. The van der Waals surface area contributed by atoms with Crippen LogP contribution >= 0.6 is 152 Å². The summed E-state index contributed by atoms with van der Waals surface area (Å²) in [5.41, 5.74) is 9.60. The van der Waals surface area contributed by atoms with Gasteiger partial charge in [-0.05, 0) is 127 Å². The van der Waals surface area contributed by atoms with Crippen LogP contribution in [-0.2, 0) is 68.1 Å². The number of nitro benzene ring substituents is 1. The van der Waals surface area contributed by atoms with Gasteiger partial charge in [-0.2, -0.15) is 0 Å². The summed E-state index contributed by atoms with van der Waals surface area (Å²) in [7, 11) is 0. The van der Waals surface area contributed by atoms with Crippen molar-refractivity contribution >= 4 is 194 Å². The second-order valence-electron chi connectivity index (χ2n) is 28.0. The van der Waals surface area contributed by atoms with Gasteiger partial charge in [0.25, 0.3) is 5.69 Å². The Morgan fingerprint density at radius 2 is 0.603 bits per heavy atom. The molecule has 12 aromatic heterocycles. The van der Waals surface area contributed by atoms with Crippen LogP contribution in [0.3, 0.4) is 0 Å². The van der Waals surface area contributed by atoms with E-state index in [1.807, 2.05) is 103 Å². The number of pyridine rings is 6. The third kappa shape index (κ3) is 30.4. The van der Waals surface area contributed by atoms with Gasteiger partial charge in [0.1, 0.15) is 65.1 Å². The van der Waals surface area contributed by atoms with Crippen molar-refractivity contribution in [2.75, 3.05) is 0 Å². The van der Waals surface area contributed by atoms with Gasteiger partial charge in [-0.1, -0.05) is 256 Å². The molecule has 45 heteroatoms. The summed E-state index contributed by atoms with van der Waals surface area (Å²) < 4.78 is 64.7. The molecule has 0 aliphatic rings. The van der Waals surface area contributed by atoms with Crippen LogP contribution in [0.5, 0.6) is 0 Å². The molecule has 0 amide bonds. The first kappa shape index (κ1) is 104. The Hall–Kier alpha value is -14.3. The van der Waals surface area contributed by atoms with E-state index in [1.165, 1.54) is 67.5 Å². The molecule has 0 saturated carbocycles. The van der Waals surface area contributed by atoms with Gasteiger partial charge in [0, 0.05) is 138 Å². The molecule has 18 aromatic rings. The molecule has 0 N–H and O–H groups in total. The maximum Gasteiger partial charge on any atom is 0.341 e. The largest absolute Gasteiger partial charge is 0.454 e. The maximum absolute atomic E-state index is 12.0. The van der Waals surface area contributed by atoms with E-state index in [0.717, 1.165) is 35.7 Å². The van der Waals surface area contributed by atoms with E-state index < -0.39 is 40.7 Å². The highest BCUT2D eigenvalue weighted by Crippen LogP contribution is 2.34. The molecule has 18 rings (SSSR count). The average molecular weight is 2270 g/mol. The van der Waals surface area contributed by atoms with E-state index in [2.05, 4.69) is 109 Å². The summed E-state index contributed by atoms with van der Waals surface area (Å²) in [6.45, 7) is -0.409. The molecule has 0 aliphatic heterocycles. The molecule has 6 aromatic carbocycles. The quantitative estimate of drug-likeness (QED) is 0.0169. The number of esters is 6. The molecule has 0 fully saturated rings. The Labute approximate surface area is 867 Å². The summed E-state index contributed by atoms with van der Waals surface area (Å²) in [4.78, 5) is 105. The first-order valence-corrected chi connectivity index (χ1v) is 46.0. The van der Waals surface area contributed by atoms with Crippen molar-refractivity contribution in [3.8, 4) is 67.5 Å². The molecule has 33 nitrogen and oxygen atoms in total. The SMILES string of the molecule is O=C(OCc1cc(-c2ccc(Br)cc2)no1)c1cccnc1Cl.O=C(OCc1cc(-c2ccc(Cl)cc2Cl)no1)c1cccnc1Cl.O=C(OCc1cc(-c2ccc([N+](=O)[O-])cc2)no1)c1cccnc1Cl.O=C(OCc1cc(-c2cccc(Br)c2)no1)c1cccnc1Cl.O=C(OCc1cc(-c2ccccc2)no1)c1cc(Cl)cnc1Cl.O=C(OCc1cc(-c2ccccc2Br)no1)c1cccnc1Cl. The van der Waals surface area contributed by atoms with Crippen molar-refractivity contribution in [1.82, 2.24) is 60.8 Å². The molecule has 141 heavy (non-hydrogen) atoms. The van der Waals surface area contributed by atoms with Gasteiger partial charge in [-0.15, -0.1) is 0 Å². The van der Waals surface area contributed by atoms with Crippen LogP contribution in [0, 0.1) is 10.1 Å². The number of halogens is 12. The van der Waals surface area contributed by atoms with Gasteiger partial charge < -0.3 is 55.6 Å². The number of carbonyl (C=O) groups excluding carboxylic acids is 6. The van der Waals surface area contributed by atoms with Gasteiger partial charge in [0.15, 0.2) is 74.2 Å². The molecular weight excluding hydrogens is 2210 g/mol. The summed E-state index contributed by atoms with van der Waals surface area (Å²) in [5, 5.41) is 36.0. The van der Waals surface area contributed by atoms with Crippen LogP contribution in [0.2, 0.25) is 46.0 Å². The topological polar surface area (TPSA) is 434 Å². The van der Waals surface area contributed by atoms with Crippen LogP contribution < -0.4 is 0 Å². The fourth-order valence-electron chi connectivity index (χ4n) is 11.6. The number of ether oxygens (including phenoxy) is 6. The van der Waals surface area contributed by atoms with Crippen molar-refractivity contribution in [3.05, 3.63) is 423 Å². The molecule has 0 aliphatic carbocycles. The zero-order chi connectivity index (χ0) is 99.9. The predicted octanol–water partition coefficient (Wildman–Crippen LogP) is 26.6. The molecule has 0 unspecified atom stereocenters.